The van der Waals surface area contributed by atoms with E-state index in [1.165, 1.54) is 13.8 Å². The van der Waals surface area contributed by atoms with Crippen molar-refractivity contribution in [3.8, 4) is 0 Å². The first-order valence-corrected chi connectivity index (χ1v) is 8.64. The summed E-state index contributed by atoms with van der Waals surface area (Å²) in [6, 6.07) is 2.24. The molecule has 0 aliphatic carbocycles. The topological polar surface area (TPSA) is 63.2 Å². The Balaban J connectivity index is 2.59. The summed E-state index contributed by atoms with van der Waals surface area (Å²) in [6.07, 6.45) is -4.00. The SMILES string of the molecule is CCN(C(c1ccc(F)cc1)C(F)(F)F)S(=O)(=O)c1cnnc(C)c1. The molecule has 1 heterocycles. The Morgan fingerprint density at radius 3 is 2.28 bits per heavy atom. The highest BCUT2D eigenvalue weighted by Gasteiger charge is 2.48. The molecule has 5 nitrogen and oxygen atoms in total. The third-order valence-electron chi connectivity index (χ3n) is 3.45. The van der Waals surface area contributed by atoms with Crippen LogP contribution in [0.4, 0.5) is 17.6 Å². The lowest BCUT2D eigenvalue weighted by molar-refractivity contribution is -0.173. The van der Waals surface area contributed by atoms with E-state index in [0.717, 1.165) is 36.5 Å². The van der Waals surface area contributed by atoms with E-state index in [4.69, 9.17) is 0 Å². The zero-order valence-electron chi connectivity index (χ0n) is 13.3. The summed E-state index contributed by atoms with van der Waals surface area (Å²) in [5.41, 5.74) is -0.125. The maximum Gasteiger partial charge on any atom is 0.409 e. The Hall–Kier alpha value is -2.07. The molecule has 0 amide bonds. The highest BCUT2D eigenvalue weighted by atomic mass is 32.2. The van der Waals surface area contributed by atoms with Gasteiger partial charge >= 0.3 is 6.18 Å². The molecule has 0 saturated carbocycles. The van der Waals surface area contributed by atoms with E-state index in [9.17, 15) is 26.0 Å². The highest BCUT2D eigenvalue weighted by molar-refractivity contribution is 7.89. The van der Waals surface area contributed by atoms with Crippen molar-refractivity contribution >= 4 is 10.0 Å². The average Bonchev–Trinajstić information content (AvgIpc) is 2.52. The van der Waals surface area contributed by atoms with Crippen molar-refractivity contribution in [2.45, 2.75) is 31.0 Å². The largest absolute Gasteiger partial charge is 0.409 e. The first-order chi connectivity index (χ1) is 11.6. The Morgan fingerprint density at radius 1 is 1.20 bits per heavy atom. The molecule has 0 fully saturated rings. The molecule has 2 aromatic rings. The summed E-state index contributed by atoms with van der Waals surface area (Å²) in [4.78, 5) is -0.391. The molecule has 25 heavy (non-hydrogen) atoms. The molecule has 1 aromatic carbocycles. The maximum atomic E-state index is 13.6. The van der Waals surface area contributed by atoms with Crippen molar-refractivity contribution in [1.82, 2.24) is 14.5 Å². The summed E-state index contributed by atoms with van der Waals surface area (Å²) in [5.74, 6) is -0.718. The summed E-state index contributed by atoms with van der Waals surface area (Å²) < 4.78 is 79.7. The van der Waals surface area contributed by atoms with Crippen LogP contribution in [0, 0.1) is 12.7 Å². The van der Waals surface area contributed by atoms with Crippen LogP contribution in [0.1, 0.15) is 24.2 Å². The van der Waals surface area contributed by atoms with Gasteiger partial charge in [-0.05, 0) is 30.7 Å². The predicted octanol–water partition coefficient (Wildman–Crippen LogP) is 3.24. The molecule has 10 heteroatoms. The highest BCUT2D eigenvalue weighted by Crippen LogP contribution is 2.40. The molecule has 0 saturated heterocycles. The van der Waals surface area contributed by atoms with Crippen LogP contribution in [0.15, 0.2) is 41.4 Å². The van der Waals surface area contributed by atoms with Gasteiger partial charge in [0.1, 0.15) is 16.8 Å². The van der Waals surface area contributed by atoms with E-state index in [1.54, 1.807) is 0 Å². The van der Waals surface area contributed by atoms with Crippen molar-refractivity contribution in [3.05, 3.63) is 53.6 Å². The van der Waals surface area contributed by atoms with E-state index in [0.29, 0.717) is 4.31 Å². The minimum atomic E-state index is -4.89. The fourth-order valence-corrected chi connectivity index (χ4v) is 4.01. The standard InChI is InChI=1S/C15H15F4N3O2S/c1-3-22(25(23,24)13-8-10(2)21-20-9-13)14(15(17,18)19)11-4-6-12(16)7-5-11/h4-9,14H,3H2,1-2H3. The molecule has 1 aromatic heterocycles. The summed E-state index contributed by atoms with van der Waals surface area (Å²) in [7, 11) is -4.50. The molecule has 0 aliphatic rings. The van der Waals surface area contributed by atoms with Gasteiger partial charge in [0.25, 0.3) is 0 Å². The second-order valence-corrected chi connectivity index (χ2v) is 7.13. The van der Waals surface area contributed by atoms with Crippen LogP contribution >= 0.6 is 0 Å². The Kier molecular flexibility index (Phi) is 5.43. The first kappa shape index (κ1) is 19.3. The van der Waals surface area contributed by atoms with E-state index in [2.05, 4.69) is 10.2 Å². The lowest BCUT2D eigenvalue weighted by Crippen LogP contribution is -2.42. The molecule has 1 atom stereocenters. The molecule has 0 N–H and O–H groups in total. The minimum Gasteiger partial charge on any atom is -0.207 e. The van der Waals surface area contributed by atoms with Gasteiger partial charge in [0.2, 0.25) is 10.0 Å². The van der Waals surface area contributed by atoms with Gasteiger partial charge < -0.3 is 0 Å². The summed E-state index contributed by atoms with van der Waals surface area (Å²) in [5, 5.41) is 7.09. The van der Waals surface area contributed by atoms with E-state index in [-0.39, 0.29) is 11.3 Å². The number of rotatable bonds is 5. The van der Waals surface area contributed by atoms with Crippen LogP contribution in [0.3, 0.4) is 0 Å². The molecule has 0 bridgehead atoms. The van der Waals surface area contributed by atoms with Crippen LogP contribution in [-0.4, -0.2) is 35.6 Å². The molecule has 136 valence electrons. The molecule has 0 spiro atoms. The van der Waals surface area contributed by atoms with Crippen LogP contribution in [0.2, 0.25) is 0 Å². The van der Waals surface area contributed by atoms with Gasteiger partial charge in [-0.15, -0.1) is 0 Å². The third kappa shape index (κ3) is 4.13. The zero-order valence-corrected chi connectivity index (χ0v) is 14.1. The number of aromatic nitrogens is 2. The van der Waals surface area contributed by atoms with Crippen LogP contribution in [0.5, 0.6) is 0 Å². The van der Waals surface area contributed by atoms with Gasteiger partial charge in [-0.2, -0.15) is 27.7 Å². The molecular weight excluding hydrogens is 362 g/mol. The fourth-order valence-electron chi connectivity index (χ4n) is 2.38. The quantitative estimate of drug-likeness (QED) is 0.751. The number of halogens is 4. The number of nitrogens with zero attached hydrogens (tertiary/aromatic N) is 3. The van der Waals surface area contributed by atoms with Crippen LogP contribution in [0.25, 0.3) is 0 Å². The zero-order chi connectivity index (χ0) is 18.8. The van der Waals surface area contributed by atoms with Crippen LogP contribution in [-0.2, 0) is 10.0 Å². The summed E-state index contributed by atoms with van der Waals surface area (Å²) >= 11 is 0. The number of sulfonamides is 1. The average molecular weight is 377 g/mol. The Bertz CT molecular complexity index is 839. The molecule has 2 rings (SSSR count). The van der Waals surface area contributed by atoms with Gasteiger partial charge in [-0.3, -0.25) is 0 Å². The Labute approximate surface area is 142 Å². The van der Waals surface area contributed by atoms with Crippen molar-refractivity contribution < 1.29 is 26.0 Å². The first-order valence-electron chi connectivity index (χ1n) is 7.20. The summed E-state index contributed by atoms with van der Waals surface area (Å²) in [6.45, 7) is 2.33. The van der Waals surface area contributed by atoms with E-state index < -0.39 is 39.5 Å². The lowest BCUT2D eigenvalue weighted by atomic mass is 10.1. The number of aryl methyl sites for hydroxylation is 1. The monoisotopic (exact) mass is 377 g/mol. The normalized spacial score (nSPS) is 13.9. The van der Waals surface area contributed by atoms with Crippen molar-refractivity contribution in [2.24, 2.45) is 0 Å². The third-order valence-corrected chi connectivity index (χ3v) is 5.36. The smallest absolute Gasteiger partial charge is 0.207 e. The molecule has 0 radical (unpaired) electrons. The van der Waals surface area contributed by atoms with Gasteiger partial charge in [0.05, 0.1) is 11.9 Å². The van der Waals surface area contributed by atoms with Crippen molar-refractivity contribution in [2.75, 3.05) is 6.54 Å². The number of benzene rings is 1. The molecule has 0 aliphatic heterocycles. The van der Waals surface area contributed by atoms with Gasteiger partial charge in [-0.1, -0.05) is 19.1 Å². The number of alkyl halides is 3. The number of hydrogen-bond acceptors (Lipinski definition) is 4. The lowest BCUT2D eigenvalue weighted by Gasteiger charge is -2.31. The Morgan fingerprint density at radius 2 is 1.80 bits per heavy atom. The fraction of sp³-hybridized carbons (Fsp3) is 0.333. The van der Waals surface area contributed by atoms with E-state index >= 15 is 0 Å². The van der Waals surface area contributed by atoms with Gasteiger partial charge in [0, 0.05) is 6.54 Å². The van der Waals surface area contributed by atoms with Crippen LogP contribution < -0.4 is 0 Å². The minimum absolute atomic E-state index is 0.252. The predicted molar refractivity (Wildman–Crippen MR) is 81.5 cm³/mol. The second-order valence-electron chi connectivity index (χ2n) is 5.24. The maximum absolute atomic E-state index is 13.6. The molecular formula is C15H15F4N3O2S. The molecule has 1 unspecified atom stereocenters. The second kappa shape index (κ2) is 7.04. The van der Waals surface area contributed by atoms with Crippen molar-refractivity contribution in [3.63, 3.8) is 0 Å². The number of hydrogen-bond donors (Lipinski definition) is 0. The van der Waals surface area contributed by atoms with Gasteiger partial charge in [0.15, 0.2) is 0 Å². The van der Waals surface area contributed by atoms with E-state index in [1.807, 2.05) is 0 Å². The van der Waals surface area contributed by atoms with Crippen molar-refractivity contribution in [1.29, 1.82) is 0 Å². The van der Waals surface area contributed by atoms with Gasteiger partial charge in [-0.25, -0.2) is 12.8 Å².